The summed E-state index contributed by atoms with van der Waals surface area (Å²) in [4.78, 5) is 54.0. The number of esters is 1. The summed E-state index contributed by atoms with van der Waals surface area (Å²) >= 11 is 1.05. The van der Waals surface area contributed by atoms with Gasteiger partial charge in [0.05, 0.1) is 43.9 Å². The van der Waals surface area contributed by atoms with Gasteiger partial charge in [0.25, 0.3) is 16.9 Å². The van der Waals surface area contributed by atoms with Crippen molar-refractivity contribution >= 4 is 34.8 Å². The first-order chi connectivity index (χ1) is 20.0. The van der Waals surface area contributed by atoms with Gasteiger partial charge in [0.2, 0.25) is 0 Å². The van der Waals surface area contributed by atoms with Crippen LogP contribution in [0.25, 0.3) is 17.4 Å². The quantitative estimate of drug-likeness (QED) is 0.173. The molecule has 0 aliphatic carbocycles. The van der Waals surface area contributed by atoms with E-state index in [1.165, 1.54) is 22.8 Å². The average molecular weight is 589 g/mol. The smallest absolute Gasteiger partial charge is 0.338 e. The van der Waals surface area contributed by atoms with Gasteiger partial charge in [-0.25, -0.2) is 9.79 Å². The van der Waals surface area contributed by atoms with E-state index in [2.05, 4.69) is 4.99 Å². The number of aryl methyl sites for hydroxylation is 2. The van der Waals surface area contributed by atoms with E-state index in [-0.39, 0.29) is 44.4 Å². The fourth-order valence-electron chi connectivity index (χ4n) is 4.81. The van der Waals surface area contributed by atoms with Gasteiger partial charge < -0.3 is 9.15 Å². The van der Waals surface area contributed by atoms with Gasteiger partial charge in [-0.15, -0.1) is 0 Å². The van der Waals surface area contributed by atoms with E-state index >= 15 is 0 Å². The number of nitro benzene ring substituents is 2. The average Bonchev–Trinajstić information content (AvgIpc) is 3.52. The number of ether oxygens (including phenoxy) is 1. The SMILES string of the molecule is CCOC(=O)C1=C(C)N=c2s/c(=C/c3ccc(-c4ccc(C)cc4[N+](=O)[O-])o3)c(=O)n2[C@@H]1c1ccc(C)c([N+](=O)[O-])c1. The van der Waals surface area contributed by atoms with E-state index in [1.54, 1.807) is 64.1 Å². The first-order valence-corrected chi connectivity index (χ1v) is 13.6. The largest absolute Gasteiger partial charge is 0.463 e. The summed E-state index contributed by atoms with van der Waals surface area (Å²) in [6.45, 7) is 6.70. The van der Waals surface area contributed by atoms with Crippen molar-refractivity contribution in [2.75, 3.05) is 6.61 Å². The number of hydrogen-bond donors (Lipinski definition) is 0. The molecule has 0 amide bonds. The molecule has 1 aliphatic rings. The molecule has 0 saturated carbocycles. The number of hydrogen-bond acceptors (Lipinski definition) is 10. The van der Waals surface area contributed by atoms with Crippen LogP contribution in [0.1, 0.15) is 42.3 Å². The molecular weight excluding hydrogens is 564 g/mol. The molecule has 13 heteroatoms. The van der Waals surface area contributed by atoms with Gasteiger partial charge in [0, 0.05) is 23.8 Å². The highest BCUT2D eigenvalue weighted by Gasteiger charge is 2.34. The molecule has 0 spiro atoms. The van der Waals surface area contributed by atoms with Crippen LogP contribution in [0.5, 0.6) is 0 Å². The minimum absolute atomic E-state index is 0.0841. The van der Waals surface area contributed by atoms with Gasteiger partial charge in [-0.3, -0.25) is 29.6 Å². The normalized spacial score (nSPS) is 14.9. The van der Waals surface area contributed by atoms with Crippen LogP contribution in [0.2, 0.25) is 0 Å². The Labute approximate surface area is 241 Å². The molecule has 1 aliphatic heterocycles. The predicted octanol–water partition coefficient (Wildman–Crippen LogP) is 4.49. The molecule has 0 bridgehead atoms. The highest BCUT2D eigenvalue weighted by Crippen LogP contribution is 2.34. The van der Waals surface area contributed by atoms with E-state index in [1.807, 2.05) is 0 Å². The number of thiazole rings is 1. The lowest BCUT2D eigenvalue weighted by atomic mass is 9.94. The Hall–Kier alpha value is -5.17. The molecule has 4 aromatic rings. The lowest BCUT2D eigenvalue weighted by Crippen LogP contribution is -2.40. The first kappa shape index (κ1) is 28.4. The van der Waals surface area contributed by atoms with Crippen molar-refractivity contribution < 1.29 is 23.8 Å². The molecule has 2 aromatic heterocycles. The lowest BCUT2D eigenvalue weighted by molar-refractivity contribution is -0.385. The van der Waals surface area contributed by atoms with Gasteiger partial charge in [0.15, 0.2) is 4.80 Å². The number of aromatic nitrogens is 1. The molecule has 214 valence electrons. The third-order valence-corrected chi connectivity index (χ3v) is 7.76. The summed E-state index contributed by atoms with van der Waals surface area (Å²) in [5, 5.41) is 23.3. The zero-order valence-electron chi connectivity index (χ0n) is 22.9. The number of carbonyl (C=O) groups is 1. The van der Waals surface area contributed by atoms with E-state index < -0.39 is 27.4 Å². The maximum absolute atomic E-state index is 13.8. The second kappa shape index (κ2) is 11.0. The van der Waals surface area contributed by atoms with E-state index in [4.69, 9.17) is 9.15 Å². The van der Waals surface area contributed by atoms with Crippen LogP contribution in [0, 0.1) is 34.1 Å². The monoisotopic (exact) mass is 588 g/mol. The van der Waals surface area contributed by atoms with Gasteiger partial charge in [-0.05, 0) is 57.0 Å². The molecule has 3 heterocycles. The van der Waals surface area contributed by atoms with Crippen LogP contribution in [0.3, 0.4) is 0 Å². The fraction of sp³-hybridized carbons (Fsp3) is 0.207. The van der Waals surface area contributed by atoms with Crippen molar-refractivity contribution in [3.05, 3.63) is 122 Å². The zero-order chi connectivity index (χ0) is 30.3. The minimum atomic E-state index is -1.02. The van der Waals surface area contributed by atoms with Crippen molar-refractivity contribution in [2.24, 2.45) is 4.99 Å². The predicted molar refractivity (Wildman–Crippen MR) is 154 cm³/mol. The first-order valence-electron chi connectivity index (χ1n) is 12.8. The number of nitrogens with zero attached hydrogens (tertiary/aromatic N) is 4. The van der Waals surface area contributed by atoms with Crippen molar-refractivity contribution in [3.63, 3.8) is 0 Å². The van der Waals surface area contributed by atoms with Crippen LogP contribution in [0.4, 0.5) is 11.4 Å². The van der Waals surface area contributed by atoms with Crippen LogP contribution in [-0.4, -0.2) is 27.0 Å². The maximum atomic E-state index is 13.8. The van der Waals surface area contributed by atoms with E-state index in [0.29, 0.717) is 22.4 Å². The van der Waals surface area contributed by atoms with Gasteiger partial charge in [-0.1, -0.05) is 29.5 Å². The molecule has 5 rings (SSSR count). The lowest BCUT2D eigenvalue weighted by Gasteiger charge is -2.24. The zero-order valence-corrected chi connectivity index (χ0v) is 23.8. The van der Waals surface area contributed by atoms with Crippen LogP contribution < -0.4 is 14.9 Å². The Bertz CT molecular complexity index is 2000. The van der Waals surface area contributed by atoms with Crippen LogP contribution in [0.15, 0.2) is 74.0 Å². The van der Waals surface area contributed by atoms with Gasteiger partial charge >= 0.3 is 5.97 Å². The van der Waals surface area contributed by atoms with Gasteiger partial charge in [-0.2, -0.15) is 0 Å². The molecule has 0 unspecified atom stereocenters. The molecule has 0 N–H and O–H groups in total. The summed E-state index contributed by atoms with van der Waals surface area (Å²) in [5.74, 6) is -0.156. The Morgan fingerprint density at radius 2 is 1.81 bits per heavy atom. The Balaban J connectivity index is 1.67. The number of allylic oxidation sites excluding steroid dienone is 1. The standard InChI is InChI=1S/C29H24N4O8S/c1-5-40-28(35)25-17(4)30-29-31(26(25)18-8-7-16(3)21(13-18)32(36)37)27(34)24(42-29)14-19-9-11-23(41-19)20-10-6-15(2)12-22(20)33(38)39/h6-14,26H,5H2,1-4H3/b24-14+/t26-/m1/s1. The number of fused-ring (bicyclic) bond motifs is 1. The van der Waals surface area contributed by atoms with E-state index in [9.17, 15) is 29.8 Å². The molecular formula is C29H24N4O8S. The maximum Gasteiger partial charge on any atom is 0.338 e. The fourth-order valence-corrected chi connectivity index (χ4v) is 5.83. The summed E-state index contributed by atoms with van der Waals surface area (Å²) in [6.07, 6.45) is 1.49. The molecule has 42 heavy (non-hydrogen) atoms. The minimum Gasteiger partial charge on any atom is -0.463 e. The van der Waals surface area contributed by atoms with Crippen molar-refractivity contribution in [1.82, 2.24) is 4.57 Å². The number of carbonyl (C=O) groups excluding carboxylic acids is 1. The Morgan fingerprint density at radius 1 is 1.07 bits per heavy atom. The molecule has 0 saturated heterocycles. The molecule has 0 radical (unpaired) electrons. The third kappa shape index (κ3) is 5.05. The number of nitro groups is 2. The molecule has 2 aromatic carbocycles. The van der Waals surface area contributed by atoms with Gasteiger partial charge in [0.1, 0.15) is 11.5 Å². The Morgan fingerprint density at radius 3 is 2.50 bits per heavy atom. The third-order valence-electron chi connectivity index (χ3n) is 6.78. The number of furan rings is 1. The summed E-state index contributed by atoms with van der Waals surface area (Å²) in [6, 6.07) is 11.5. The van der Waals surface area contributed by atoms with Crippen molar-refractivity contribution in [1.29, 1.82) is 0 Å². The molecule has 1 atom stereocenters. The Kier molecular flexibility index (Phi) is 7.44. The second-order valence-electron chi connectivity index (χ2n) is 9.59. The van der Waals surface area contributed by atoms with Crippen LogP contribution >= 0.6 is 11.3 Å². The van der Waals surface area contributed by atoms with Crippen molar-refractivity contribution in [2.45, 2.75) is 33.7 Å². The topological polar surface area (TPSA) is 160 Å². The van der Waals surface area contributed by atoms with Crippen LogP contribution in [-0.2, 0) is 9.53 Å². The molecule has 0 fully saturated rings. The second-order valence-corrected chi connectivity index (χ2v) is 10.6. The number of rotatable bonds is 7. The molecule has 12 nitrogen and oxygen atoms in total. The number of benzene rings is 2. The summed E-state index contributed by atoms with van der Waals surface area (Å²) < 4.78 is 12.7. The summed E-state index contributed by atoms with van der Waals surface area (Å²) in [5.41, 5.74) is 1.46. The summed E-state index contributed by atoms with van der Waals surface area (Å²) in [7, 11) is 0. The van der Waals surface area contributed by atoms with Crippen molar-refractivity contribution in [3.8, 4) is 11.3 Å². The highest BCUT2D eigenvalue weighted by atomic mass is 32.1. The highest BCUT2D eigenvalue weighted by molar-refractivity contribution is 7.07. The van der Waals surface area contributed by atoms with E-state index in [0.717, 1.165) is 16.9 Å².